The maximum Gasteiger partial charge on any atom is 0.154 e. The molecule has 3 nitrogen and oxygen atoms in total. The molecule has 1 aliphatic carbocycles. The summed E-state index contributed by atoms with van der Waals surface area (Å²) >= 11 is 3.44. The number of carbonyl (C=O) groups excluding carboxylic acids is 1. The van der Waals surface area contributed by atoms with Gasteiger partial charge in [-0.25, -0.2) is 0 Å². The first kappa shape index (κ1) is 16.7. The molecule has 3 rings (SSSR count). The first-order valence-electron chi connectivity index (χ1n) is 8.07. The Balaban J connectivity index is 2.21. The van der Waals surface area contributed by atoms with Gasteiger partial charge in [0.2, 0.25) is 0 Å². The molecule has 1 aromatic rings. The molecule has 1 heterocycles. The van der Waals surface area contributed by atoms with Gasteiger partial charge in [0.25, 0.3) is 0 Å². The van der Waals surface area contributed by atoms with Crippen LogP contribution >= 0.6 is 15.9 Å². The number of carbonyl (C=O) groups is 1. The highest BCUT2D eigenvalue weighted by atomic mass is 79.9. The average Bonchev–Trinajstić information content (AvgIpc) is 2.55. The van der Waals surface area contributed by atoms with Crippen LogP contribution < -0.4 is 0 Å². The Hall–Kier alpha value is -2.12. The third kappa shape index (κ3) is 3.09. The SMILES string of the molecule is CC(C)CN1C=C2CC(=O)C(Br)C=C2C(c2ccccc2)=C1C#N. The zero-order valence-corrected chi connectivity index (χ0v) is 15.4. The lowest BCUT2D eigenvalue weighted by atomic mass is 9.82. The summed E-state index contributed by atoms with van der Waals surface area (Å²) in [4.78, 5) is 13.8. The molecule has 0 spiro atoms. The second kappa shape index (κ2) is 6.78. The molecule has 0 amide bonds. The van der Waals surface area contributed by atoms with Gasteiger partial charge < -0.3 is 4.90 Å². The number of hydrogen-bond acceptors (Lipinski definition) is 3. The van der Waals surface area contributed by atoms with E-state index < -0.39 is 0 Å². The van der Waals surface area contributed by atoms with Crippen molar-refractivity contribution in [2.75, 3.05) is 6.54 Å². The number of nitriles is 1. The molecule has 4 heteroatoms. The van der Waals surface area contributed by atoms with Crippen molar-refractivity contribution >= 4 is 27.3 Å². The molecule has 1 atom stereocenters. The summed E-state index contributed by atoms with van der Waals surface area (Å²) in [5.41, 5.74) is 4.58. The third-order valence-electron chi connectivity index (χ3n) is 4.17. The van der Waals surface area contributed by atoms with Gasteiger partial charge in [0.15, 0.2) is 5.78 Å². The average molecular weight is 383 g/mol. The van der Waals surface area contributed by atoms with E-state index in [1.54, 1.807) is 0 Å². The largest absolute Gasteiger partial charge is 0.338 e. The van der Waals surface area contributed by atoms with Crippen molar-refractivity contribution in [1.82, 2.24) is 4.90 Å². The number of rotatable bonds is 3. The normalized spacial score (nSPS) is 20.5. The summed E-state index contributed by atoms with van der Waals surface area (Å²) in [5, 5.41) is 9.83. The lowest BCUT2D eigenvalue weighted by molar-refractivity contribution is -0.117. The van der Waals surface area contributed by atoms with Crippen molar-refractivity contribution in [3.8, 4) is 6.07 Å². The predicted molar refractivity (Wildman–Crippen MR) is 99.0 cm³/mol. The quantitative estimate of drug-likeness (QED) is 0.725. The van der Waals surface area contributed by atoms with E-state index in [9.17, 15) is 10.1 Å². The molecule has 2 aliphatic rings. The zero-order chi connectivity index (χ0) is 17.3. The van der Waals surface area contributed by atoms with Crippen LogP contribution in [0.5, 0.6) is 0 Å². The monoisotopic (exact) mass is 382 g/mol. The Kier molecular flexibility index (Phi) is 4.73. The third-order valence-corrected chi connectivity index (χ3v) is 4.94. The summed E-state index contributed by atoms with van der Waals surface area (Å²) in [5.74, 6) is 0.568. The minimum Gasteiger partial charge on any atom is -0.338 e. The second-order valence-corrected chi connectivity index (χ2v) is 7.51. The number of Topliss-reactive ketones (excluding diaryl/α,β-unsaturated/α-hetero) is 1. The molecule has 0 fully saturated rings. The van der Waals surface area contributed by atoms with Crippen molar-refractivity contribution in [1.29, 1.82) is 5.26 Å². The maximum absolute atomic E-state index is 12.1. The summed E-state index contributed by atoms with van der Waals surface area (Å²) in [6, 6.07) is 12.3. The number of hydrogen-bond donors (Lipinski definition) is 0. The molecular formula is C20H19BrN2O. The van der Waals surface area contributed by atoms with Gasteiger partial charge in [-0.05, 0) is 22.6 Å². The van der Waals surface area contributed by atoms with Crippen LogP contribution in [0.4, 0.5) is 0 Å². The fourth-order valence-corrected chi connectivity index (χ4v) is 3.59. The van der Waals surface area contributed by atoms with E-state index in [4.69, 9.17) is 0 Å². The van der Waals surface area contributed by atoms with E-state index in [2.05, 4.69) is 35.8 Å². The van der Waals surface area contributed by atoms with E-state index >= 15 is 0 Å². The first-order valence-corrected chi connectivity index (χ1v) is 8.99. The predicted octanol–water partition coefficient (Wildman–Crippen LogP) is 4.44. The van der Waals surface area contributed by atoms with Gasteiger partial charge in [-0.2, -0.15) is 5.26 Å². The van der Waals surface area contributed by atoms with Crippen LogP contribution in [0.1, 0.15) is 25.8 Å². The molecule has 1 aliphatic heterocycles. The minimum atomic E-state index is -0.292. The van der Waals surface area contributed by atoms with Crippen molar-refractivity contribution in [3.63, 3.8) is 0 Å². The van der Waals surface area contributed by atoms with Gasteiger partial charge in [0.1, 0.15) is 11.8 Å². The van der Waals surface area contributed by atoms with Crippen LogP contribution in [-0.4, -0.2) is 22.1 Å². The van der Waals surface area contributed by atoms with Gasteiger partial charge in [-0.3, -0.25) is 4.79 Å². The first-order chi connectivity index (χ1) is 11.5. The van der Waals surface area contributed by atoms with Crippen LogP contribution in [0, 0.1) is 17.2 Å². The van der Waals surface area contributed by atoms with Gasteiger partial charge in [0, 0.05) is 24.7 Å². The lowest BCUT2D eigenvalue weighted by Gasteiger charge is -2.33. The van der Waals surface area contributed by atoms with Crippen LogP contribution in [-0.2, 0) is 4.79 Å². The topological polar surface area (TPSA) is 44.1 Å². The molecular weight excluding hydrogens is 364 g/mol. The van der Waals surface area contributed by atoms with Crippen LogP contribution in [0.3, 0.4) is 0 Å². The molecule has 1 aromatic carbocycles. The fraction of sp³-hybridized carbons (Fsp3) is 0.300. The summed E-state index contributed by atoms with van der Waals surface area (Å²) in [7, 11) is 0. The molecule has 122 valence electrons. The second-order valence-electron chi connectivity index (χ2n) is 6.53. The van der Waals surface area contributed by atoms with Gasteiger partial charge in [0.05, 0.1) is 4.83 Å². The van der Waals surface area contributed by atoms with E-state index in [0.717, 1.165) is 28.8 Å². The Labute approximate surface area is 151 Å². The van der Waals surface area contributed by atoms with Crippen molar-refractivity contribution < 1.29 is 4.79 Å². The highest BCUT2D eigenvalue weighted by molar-refractivity contribution is 9.10. The van der Waals surface area contributed by atoms with E-state index in [1.807, 2.05) is 47.5 Å². The number of ketones is 1. The van der Waals surface area contributed by atoms with Crippen LogP contribution in [0.25, 0.3) is 5.57 Å². The number of alkyl halides is 1. The van der Waals surface area contributed by atoms with E-state index in [0.29, 0.717) is 18.0 Å². The molecule has 0 radical (unpaired) electrons. The zero-order valence-electron chi connectivity index (χ0n) is 13.8. The highest BCUT2D eigenvalue weighted by Crippen LogP contribution is 2.41. The standard InChI is InChI=1S/C20H19BrN2O/c1-13(2)11-23-12-15-8-19(24)17(21)9-16(15)20(18(23)10-22)14-6-4-3-5-7-14/h3-7,9,12-13,17H,8,11H2,1-2H3. The van der Waals surface area contributed by atoms with Crippen molar-refractivity contribution in [3.05, 3.63) is 65.0 Å². The molecule has 0 saturated heterocycles. The van der Waals surface area contributed by atoms with E-state index in [1.165, 1.54) is 0 Å². The van der Waals surface area contributed by atoms with Crippen LogP contribution in [0.2, 0.25) is 0 Å². The maximum atomic E-state index is 12.1. The molecule has 0 bridgehead atoms. The van der Waals surface area contributed by atoms with Crippen molar-refractivity contribution in [2.24, 2.45) is 5.92 Å². The number of nitrogens with zero attached hydrogens (tertiary/aromatic N) is 2. The minimum absolute atomic E-state index is 0.155. The van der Waals surface area contributed by atoms with Gasteiger partial charge in [-0.1, -0.05) is 66.2 Å². The Morgan fingerprint density at radius 3 is 2.67 bits per heavy atom. The Bertz CT molecular complexity index is 797. The number of benzene rings is 1. The molecule has 0 saturated carbocycles. The molecule has 0 aromatic heterocycles. The highest BCUT2D eigenvalue weighted by Gasteiger charge is 2.32. The van der Waals surface area contributed by atoms with E-state index in [-0.39, 0.29) is 10.6 Å². The summed E-state index contributed by atoms with van der Waals surface area (Å²) in [6.45, 7) is 5.01. The van der Waals surface area contributed by atoms with Gasteiger partial charge >= 0.3 is 0 Å². The molecule has 24 heavy (non-hydrogen) atoms. The molecule has 0 N–H and O–H groups in total. The lowest BCUT2D eigenvalue weighted by Crippen LogP contribution is -2.29. The number of fused-ring (bicyclic) bond motifs is 1. The van der Waals surface area contributed by atoms with Crippen LogP contribution in [0.15, 0.2) is 59.5 Å². The van der Waals surface area contributed by atoms with Gasteiger partial charge in [-0.15, -0.1) is 0 Å². The Morgan fingerprint density at radius 1 is 1.33 bits per heavy atom. The van der Waals surface area contributed by atoms with Crippen molar-refractivity contribution in [2.45, 2.75) is 25.1 Å². The number of allylic oxidation sites excluding steroid dienone is 5. The fourth-order valence-electron chi connectivity index (χ4n) is 3.16. The molecule has 1 unspecified atom stereocenters. The smallest absolute Gasteiger partial charge is 0.154 e. The number of halogens is 1. The summed E-state index contributed by atoms with van der Waals surface area (Å²) < 4.78 is 0. The Morgan fingerprint density at radius 2 is 2.04 bits per heavy atom. The summed E-state index contributed by atoms with van der Waals surface area (Å²) in [6.07, 6.45) is 4.31.